The summed E-state index contributed by atoms with van der Waals surface area (Å²) >= 11 is 0. The summed E-state index contributed by atoms with van der Waals surface area (Å²) in [6, 6.07) is 0. The second-order valence-corrected chi connectivity index (χ2v) is 9.58. The maximum absolute atomic E-state index is 3.44. The van der Waals surface area contributed by atoms with Gasteiger partial charge in [-0.25, -0.2) is 0 Å². The molecule has 1 heteroatoms. The first kappa shape index (κ1) is 10.6. The Balaban J connectivity index is 2.59. The van der Waals surface area contributed by atoms with E-state index in [2.05, 4.69) is 37.2 Å². The van der Waals surface area contributed by atoms with Crippen LogP contribution in [0.15, 0.2) is 11.6 Å². The van der Waals surface area contributed by atoms with Gasteiger partial charge in [0.05, 0.1) is 0 Å². The fraction of sp³-hybridized carbons (Fsp3) is 0.667. The predicted octanol–water partition coefficient (Wildman–Crippen LogP) is 3.76. The zero-order valence-electron chi connectivity index (χ0n) is 9.11. The highest BCUT2D eigenvalue weighted by Crippen LogP contribution is 2.16. The van der Waals surface area contributed by atoms with Crippen LogP contribution in [0.2, 0.25) is 19.6 Å². The van der Waals surface area contributed by atoms with E-state index in [0.29, 0.717) is 0 Å². The molecule has 0 saturated carbocycles. The second kappa shape index (κ2) is 4.67. The van der Waals surface area contributed by atoms with Crippen molar-refractivity contribution >= 4 is 8.07 Å². The number of allylic oxidation sites excluding steroid dienone is 2. The molecule has 0 radical (unpaired) electrons. The normalized spacial score (nSPS) is 18.2. The topological polar surface area (TPSA) is 0 Å². The van der Waals surface area contributed by atoms with Gasteiger partial charge in [0.25, 0.3) is 0 Å². The minimum atomic E-state index is -1.16. The highest BCUT2D eigenvalue weighted by Gasteiger charge is 2.08. The van der Waals surface area contributed by atoms with E-state index < -0.39 is 8.07 Å². The Labute approximate surface area is 83.4 Å². The molecule has 0 nitrogen and oxygen atoms in total. The molecule has 0 aromatic rings. The van der Waals surface area contributed by atoms with Gasteiger partial charge in [-0.15, -0.1) is 5.54 Å². The highest BCUT2D eigenvalue weighted by molar-refractivity contribution is 6.83. The molecule has 0 atom stereocenters. The maximum atomic E-state index is 3.44. The van der Waals surface area contributed by atoms with E-state index in [4.69, 9.17) is 0 Å². The zero-order valence-corrected chi connectivity index (χ0v) is 10.1. The molecule has 0 saturated heterocycles. The first-order valence-corrected chi connectivity index (χ1v) is 8.80. The minimum absolute atomic E-state index is 1.16. The SMILES string of the molecule is C[Si](C)(C)C#CC1=CCCCCC1. The third kappa shape index (κ3) is 4.95. The Morgan fingerprint density at radius 2 is 1.92 bits per heavy atom. The maximum Gasteiger partial charge on any atom is 0.129 e. The zero-order chi connectivity index (χ0) is 9.73. The summed E-state index contributed by atoms with van der Waals surface area (Å²) in [6.07, 6.45) is 8.90. The van der Waals surface area contributed by atoms with Crippen molar-refractivity contribution in [3.05, 3.63) is 11.6 Å². The van der Waals surface area contributed by atoms with Crippen molar-refractivity contribution in [1.82, 2.24) is 0 Å². The van der Waals surface area contributed by atoms with Gasteiger partial charge in [0.2, 0.25) is 0 Å². The van der Waals surface area contributed by atoms with E-state index in [9.17, 15) is 0 Å². The molecule has 0 aromatic heterocycles. The van der Waals surface area contributed by atoms with Gasteiger partial charge in [-0.05, 0) is 31.3 Å². The molecule has 0 aromatic carbocycles. The predicted molar refractivity (Wildman–Crippen MR) is 62.3 cm³/mol. The molecule has 0 heterocycles. The Morgan fingerprint density at radius 3 is 2.62 bits per heavy atom. The molecule has 1 aliphatic rings. The molecule has 0 amide bonds. The number of hydrogen-bond acceptors (Lipinski definition) is 0. The summed E-state index contributed by atoms with van der Waals surface area (Å²) in [5.41, 5.74) is 4.84. The molecule has 1 rings (SSSR count). The Hall–Kier alpha value is -0.483. The van der Waals surface area contributed by atoms with E-state index in [-0.39, 0.29) is 0 Å². The summed E-state index contributed by atoms with van der Waals surface area (Å²) in [5, 5.41) is 0. The van der Waals surface area contributed by atoms with Crippen LogP contribution in [0.25, 0.3) is 0 Å². The average Bonchev–Trinajstić information content (AvgIpc) is 2.26. The summed E-state index contributed by atoms with van der Waals surface area (Å²) in [7, 11) is -1.16. The van der Waals surface area contributed by atoms with E-state index in [1.807, 2.05) is 0 Å². The van der Waals surface area contributed by atoms with Crippen LogP contribution in [0.5, 0.6) is 0 Å². The average molecular weight is 192 g/mol. The third-order valence-corrected chi connectivity index (χ3v) is 3.01. The van der Waals surface area contributed by atoms with Crippen LogP contribution in [0, 0.1) is 11.5 Å². The summed E-state index contributed by atoms with van der Waals surface area (Å²) in [4.78, 5) is 0. The molecular weight excluding hydrogens is 172 g/mol. The number of hydrogen-bond donors (Lipinski definition) is 0. The summed E-state index contributed by atoms with van der Waals surface area (Å²) < 4.78 is 0. The van der Waals surface area contributed by atoms with E-state index >= 15 is 0 Å². The monoisotopic (exact) mass is 192 g/mol. The Bertz CT molecular complexity index is 245. The fourth-order valence-electron chi connectivity index (χ4n) is 1.40. The lowest BCUT2D eigenvalue weighted by atomic mass is 10.1. The van der Waals surface area contributed by atoms with Crippen LogP contribution in [0.1, 0.15) is 32.1 Å². The van der Waals surface area contributed by atoms with Crippen LogP contribution in [-0.2, 0) is 0 Å². The molecule has 0 N–H and O–H groups in total. The van der Waals surface area contributed by atoms with Gasteiger partial charge < -0.3 is 0 Å². The van der Waals surface area contributed by atoms with E-state index in [1.165, 1.54) is 37.7 Å². The molecule has 13 heavy (non-hydrogen) atoms. The van der Waals surface area contributed by atoms with Gasteiger partial charge in [-0.2, -0.15) is 0 Å². The molecule has 0 fully saturated rings. The van der Waals surface area contributed by atoms with Gasteiger partial charge >= 0.3 is 0 Å². The van der Waals surface area contributed by atoms with Gasteiger partial charge in [0.1, 0.15) is 8.07 Å². The van der Waals surface area contributed by atoms with Crippen LogP contribution >= 0.6 is 0 Å². The molecule has 1 aliphatic carbocycles. The van der Waals surface area contributed by atoms with Crippen molar-refractivity contribution in [3.8, 4) is 11.5 Å². The van der Waals surface area contributed by atoms with Crippen molar-refractivity contribution in [2.45, 2.75) is 51.7 Å². The third-order valence-electron chi connectivity index (χ3n) is 2.14. The van der Waals surface area contributed by atoms with Gasteiger partial charge in [0, 0.05) is 0 Å². The first-order valence-electron chi connectivity index (χ1n) is 5.30. The van der Waals surface area contributed by atoms with Gasteiger partial charge in [-0.3, -0.25) is 0 Å². The standard InChI is InChI=1S/C12H20Si/c1-13(2,3)11-10-12-8-6-4-5-7-9-12/h8H,4-7,9H2,1-3H3. The van der Waals surface area contributed by atoms with E-state index in [0.717, 1.165) is 0 Å². The van der Waals surface area contributed by atoms with Gasteiger partial charge in [0.15, 0.2) is 0 Å². The van der Waals surface area contributed by atoms with Crippen molar-refractivity contribution in [1.29, 1.82) is 0 Å². The highest BCUT2D eigenvalue weighted by atomic mass is 28.3. The first-order chi connectivity index (χ1) is 6.08. The van der Waals surface area contributed by atoms with Crippen LogP contribution < -0.4 is 0 Å². The smallest absolute Gasteiger partial charge is 0.127 e. The van der Waals surface area contributed by atoms with Crippen LogP contribution in [0.3, 0.4) is 0 Å². The quantitative estimate of drug-likeness (QED) is 0.405. The molecule has 72 valence electrons. The van der Waals surface area contributed by atoms with Crippen molar-refractivity contribution in [2.24, 2.45) is 0 Å². The summed E-state index contributed by atoms with van der Waals surface area (Å²) in [6.45, 7) is 6.91. The van der Waals surface area contributed by atoms with E-state index in [1.54, 1.807) is 0 Å². The Morgan fingerprint density at radius 1 is 1.15 bits per heavy atom. The largest absolute Gasteiger partial charge is 0.129 e. The molecule has 0 unspecified atom stereocenters. The lowest BCUT2D eigenvalue weighted by Crippen LogP contribution is -2.16. The second-order valence-electron chi connectivity index (χ2n) is 4.83. The minimum Gasteiger partial charge on any atom is -0.127 e. The van der Waals surface area contributed by atoms with Crippen LogP contribution in [0.4, 0.5) is 0 Å². The Kier molecular flexibility index (Phi) is 3.81. The van der Waals surface area contributed by atoms with Crippen molar-refractivity contribution in [3.63, 3.8) is 0 Å². The fourth-order valence-corrected chi connectivity index (χ4v) is 1.93. The molecular formula is C12H20Si. The van der Waals surface area contributed by atoms with Crippen LogP contribution in [-0.4, -0.2) is 8.07 Å². The van der Waals surface area contributed by atoms with Gasteiger partial charge in [-0.1, -0.05) is 38.1 Å². The molecule has 0 spiro atoms. The summed E-state index contributed by atoms with van der Waals surface area (Å²) in [5.74, 6) is 3.37. The lowest BCUT2D eigenvalue weighted by molar-refractivity contribution is 0.714. The van der Waals surface area contributed by atoms with Crippen molar-refractivity contribution < 1.29 is 0 Å². The van der Waals surface area contributed by atoms with Crippen molar-refractivity contribution in [2.75, 3.05) is 0 Å². The lowest BCUT2D eigenvalue weighted by Gasteiger charge is -2.04. The molecule has 0 bridgehead atoms. The number of rotatable bonds is 0. The molecule has 0 aliphatic heterocycles.